The Hall–Kier alpha value is 0.634. The minimum absolute atomic E-state index is 0. The Kier molecular flexibility index (Phi) is 28.3. The third-order valence-electron chi connectivity index (χ3n) is 11.2. The molecule has 0 nitrogen and oxygen atoms in total. The molecule has 12 radical (unpaired) electrons. The first-order chi connectivity index (χ1) is 18.2. The van der Waals surface area contributed by atoms with Gasteiger partial charge in [0.05, 0.1) is 0 Å². The van der Waals surface area contributed by atoms with Crippen LogP contribution in [0, 0.1) is 138 Å². The predicted octanol–water partition coefficient (Wildman–Crippen LogP) is 10.3. The first-order valence-electron chi connectivity index (χ1n) is 15.0. The third kappa shape index (κ3) is 12.5. The van der Waals surface area contributed by atoms with Gasteiger partial charge in [-0.3, -0.25) is 0 Å². The molecular formula is C40H60Ga4Pt-4. The number of rotatable bonds is 0. The summed E-state index contributed by atoms with van der Waals surface area (Å²) < 4.78 is 0. The molecule has 0 unspecified atom stereocenters. The summed E-state index contributed by atoms with van der Waals surface area (Å²) >= 11 is 0. The van der Waals surface area contributed by atoms with Gasteiger partial charge in [-0.05, 0) is 0 Å². The molecule has 0 N–H and O–H groups in total. The summed E-state index contributed by atoms with van der Waals surface area (Å²) in [5.74, 6) is 0. The van der Waals surface area contributed by atoms with Crippen LogP contribution in [0.2, 0.25) is 0 Å². The average Bonchev–Trinajstić information content (AvgIpc) is 3.37. The van der Waals surface area contributed by atoms with Crippen molar-refractivity contribution in [3.05, 3.63) is 111 Å². The molecule has 0 spiro atoms. The molecule has 0 atom stereocenters. The number of hydrogen-bond donors (Lipinski definition) is 0. The van der Waals surface area contributed by atoms with Crippen molar-refractivity contribution in [3.63, 3.8) is 0 Å². The summed E-state index contributed by atoms with van der Waals surface area (Å²) in [6.45, 7) is 44.0. The number of hydrogen-bond acceptors (Lipinski definition) is 0. The first-order valence-corrected chi connectivity index (χ1v) is 15.0. The van der Waals surface area contributed by atoms with E-state index < -0.39 is 0 Å². The molecule has 0 bridgehead atoms. The summed E-state index contributed by atoms with van der Waals surface area (Å²) in [5, 5.41) is 0. The molecule has 4 aromatic rings. The van der Waals surface area contributed by atoms with Crippen molar-refractivity contribution >= 4 is 79.2 Å². The quantitative estimate of drug-likeness (QED) is 0.122. The van der Waals surface area contributed by atoms with Gasteiger partial charge in [0.2, 0.25) is 0 Å². The van der Waals surface area contributed by atoms with Crippen LogP contribution in [-0.2, 0) is 21.1 Å². The fourth-order valence-corrected chi connectivity index (χ4v) is 5.62. The maximum absolute atomic E-state index is 2.20. The van der Waals surface area contributed by atoms with E-state index in [1.807, 2.05) is 0 Å². The molecule has 0 saturated carbocycles. The maximum atomic E-state index is 2.20. The minimum Gasteiger partial charge on any atom is -0.196 e. The molecule has 0 saturated heterocycles. The van der Waals surface area contributed by atoms with Crippen molar-refractivity contribution in [2.24, 2.45) is 0 Å². The Morgan fingerprint density at radius 3 is 0.311 bits per heavy atom. The largest absolute Gasteiger partial charge is 0.196 e. The van der Waals surface area contributed by atoms with E-state index in [1.54, 1.807) is 0 Å². The zero-order valence-corrected chi connectivity index (χ0v) is 44.6. The molecular weight excluding hydrogens is 954 g/mol. The normalized spacial score (nSPS) is 9.33. The van der Waals surface area contributed by atoms with Crippen LogP contribution in [0.1, 0.15) is 111 Å². The van der Waals surface area contributed by atoms with Gasteiger partial charge in [0.1, 0.15) is 0 Å². The standard InChI is InChI=1S/4C10H15.4Ga.Pt/c4*1-6-7(2)9(4)10(5)8(6)3;;;;;/h4*1-5H3;;;;;/q4*-1;;;;;. The topological polar surface area (TPSA) is 0 Å². The smallest absolute Gasteiger partial charge is 0 e. The van der Waals surface area contributed by atoms with Gasteiger partial charge in [0.15, 0.2) is 0 Å². The van der Waals surface area contributed by atoms with Crippen LogP contribution in [0.4, 0.5) is 0 Å². The molecule has 0 fully saturated rings. The second-order valence-electron chi connectivity index (χ2n) is 12.5. The first kappa shape index (κ1) is 55.1. The van der Waals surface area contributed by atoms with Gasteiger partial charge >= 0.3 is 0 Å². The van der Waals surface area contributed by atoms with Gasteiger partial charge in [0.25, 0.3) is 0 Å². The van der Waals surface area contributed by atoms with Gasteiger partial charge in [-0.15, -0.1) is 0 Å². The molecule has 4 aromatic carbocycles. The van der Waals surface area contributed by atoms with E-state index in [0.717, 1.165) is 0 Å². The van der Waals surface area contributed by atoms with Crippen molar-refractivity contribution in [1.82, 2.24) is 0 Å². The second-order valence-corrected chi connectivity index (χ2v) is 12.5. The fourth-order valence-electron chi connectivity index (χ4n) is 5.62. The Labute approximate surface area is 346 Å². The van der Waals surface area contributed by atoms with Crippen molar-refractivity contribution in [3.8, 4) is 0 Å². The molecule has 0 aliphatic carbocycles. The van der Waals surface area contributed by atoms with Crippen molar-refractivity contribution < 1.29 is 21.1 Å². The molecule has 0 heterocycles. The van der Waals surface area contributed by atoms with E-state index in [4.69, 9.17) is 0 Å². The zero-order chi connectivity index (χ0) is 31.5. The molecule has 5 heteroatoms. The summed E-state index contributed by atoms with van der Waals surface area (Å²) in [6.07, 6.45) is 0. The van der Waals surface area contributed by atoms with Crippen LogP contribution >= 0.6 is 0 Å². The van der Waals surface area contributed by atoms with E-state index in [9.17, 15) is 0 Å². The minimum atomic E-state index is 0. The van der Waals surface area contributed by atoms with E-state index in [2.05, 4.69) is 138 Å². The van der Waals surface area contributed by atoms with Crippen molar-refractivity contribution in [2.45, 2.75) is 138 Å². The SMILES string of the molecule is Cc1c(C)c(C)[c-](C)c1C.Cc1c(C)c(C)[c-](C)c1C.Cc1c(C)c(C)[c-](C)c1C.Cc1c(C)c(C)[c-](C)c1C.[Ga].[Ga].[Ga].[Ga].[Pt]. The van der Waals surface area contributed by atoms with Crippen LogP contribution in [0.15, 0.2) is 0 Å². The Morgan fingerprint density at radius 2 is 0.289 bits per heavy atom. The van der Waals surface area contributed by atoms with Gasteiger partial charge in [0, 0.05) is 100 Å². The van der Waals surface area contributed by atoms with Gasteiger partial charge in [-0.25, -0.2) is 0 Å². The van der Waals surface area contributed by atoms with E-state index in [-0.39, 0.29) is 100 Å². The Bertz CT molecular complexity index is 936. The molecule has 4 rings (SSSR count). The van der Waals surface area contributed by atoms with E-state index in [1.165, 1.54) is 111 Å². The van der Waals surface area contributed by atoms with Crippen LogP contribution in [-0.4, -0.2) is 79.2 Å². The fraction of sp³-hybridized carbons (Fsp3) is 0.500. The van der Waals surface area contributed by atoms with Gasteiger partial charge in [-0.2, -0.15) is 111 Å². The van der Waals surface area contributed by atoms with Gasteiger partial charge in [-0.1, -0.05) is 138 Å². The molecule has 246 valence electrons. The van der Waals surface area contributed by atoms with Crippen molar-refractivity contribution in [2.75, 3.05) is 0 Å². The average molecular weight is 1010 g/mol. The summed E-state index contributed by atoms with van der Waals surface area (Å²) in [4.78, 5) is 0. The van der Waals surface area contributed by atoms with Crippen LogP contribution in [0.3, 0.4) is 0 Å². The predicted molar refractivity (Wildman–Crippen MR) is 206 cm³/mol. The monoisotopic (exact) mass is 1010 g/mol. The Balaban J connectivity index is -0.000000152. The van der Waals surface area contributed by atoms with Crippen LogP contribution < -0.4 is 0 Å². The van der Waals surface area contributed by atoms with E-state index >= 15 is 0 Å². The molecule has 45 heavy (non-hydrogen) atoms. The van der Waals surface area contributed by atoms with Crippen LogP contribution in [0.25, 0.3) is 0 Å². The van der Waals surface area contributed by atoms with Crippen molar-refractivity contribution in [1.29, 1.82) is 0 Å². The summed E-state index contributed by atoms with van der Waals surface area (Å²) in [5.41, 5.74) is 29.4. The summed E-state index contributed by atoms with van der Waals surface area (Å²) in [7, 11) is 0. The van der Waals surface area contributed by atoms with Gasteiger partial charge < -0.3 is 0 Å². The zero-order valence-electron chi connectivity index (χ0n) is 32.6. The molecule has 0 amide bonds. The summed E-state index contributed by atoms with van der Waals surface area (Å²) in [6, 6.07) is 0. The molecule has 0 aliphatic heterocycles. The second kappa shape index (κ2) is 23.1. The molecule has 0 aromatic heterocycles. The molecule has 0 aliphatic rings. The maximum Gasteiger partial charge on any atom is 0 e. The Morgan fingerprint density at radius 1 is 0.222 bits per heavy atom. The third-order valence-corrected chi connectivity index (χ3v) is 11.2. The van der Waals surface area contributed by atoms with Crippen LogP contribution in [0.5, 0.6) is 0 Å². The van der Waals surface area contributed by atoms with E-state index in [0.29, 0.717) is 0 Å².